The first kappa shape index (κ1) is 43.9. The van der Waals surface area contributed by atoms with E-state index >= 15 is 0 Å². The molecule has 0 radical (unpaired) electrons. The van der Waals surface area contributed by atoms with Gasteiger partial charge in [0.05, 0.1) is 18.1 Å². The van der Waals surface area contributed by atoms with Crippen LogP contribution in [0.15, 0.2) is 78.7 Å². The molecule has 1 saturated carbocycles. The minimum absolute atomic E-state index is 0.166. The van der Waals surface area contributed by atoms with E-state index in [2.05, 4.69) is 16.9 Å². The molecule has 1 fully saturated rings. The molecule has 0 atom stereocenters. The third-order valence-electron chi connectivity index (χ3n) is 6.93. The molecule has 1 aliphatic carbocycles. The maximum Gasteiger partial charge on any atom is 0.417 e. The number of aromatic nitrogens is 1. The van der Waals surface area contributed by atoms with Crippen LogP contribution in [0.25, 0.3) is 0 Å². The highest BCUT2D eigenvalue weighted by molar-refractivity contribution is 5.45. The van der Waals surface area contributed by atoms with Crippen LogP contribution in [0.4, 0.5) is 37.8 Å². The van der Waals surface area contributed by atoms with Gasteiger partial charge in [-0.05, 0) is 93.9 Å². The number of halogens is 6. The van der Waals surface area contributed by atoms with Crippen LogP contribution in [0.1, 0.15) is 77.3 Å². The Kier molecular flexibility index (Phi) is 21.3. The van der Waals surface area contributed by atoms with Crippen LogP contribution in [0.3, 0.4) is 0 Å². The Balaban J connectivity index is 0.000000905. The second kappa shape index (κ2) is 23.3. The third-order valence-corrected chi connectivity index (χ3v) is 6.93. The van der Waals surface area contributed by atoms with Crippen molar-refractivity contribution in [1.82, 2.24) is 4.98 Å². The number of carbonyl (C=O) groups excluding carboxylic acids is 2. The van der Waals surface area contributed by atoms with Crippen LogP contribution in [-0.2, 0) is 26.9 Å². The van der Waals surface area contributed by atoms with Crippen molar-refractivity contribution in [3.63, 3.8) is 0 Å². The first-order valence-corrected chi connectivity index (χ1v) is 15.7. The number of ether oxygens (including phenoxy) is 1. The topological polar surface area (TPSA) is 71.5 Å². The molecule has 2 aromatic rings. The van der Waals surface area contributed by atoms with Gasteiger partial charge in [0.25, 0.3) is 0 Å². The van der Waals surface area contributed by atoms with E-state index in [-0.39, 0.29) is 11.7 Å². The molecular formula is C36H49F6N3O3. The molecule has 1 aliphatic rings. The van der Waals surface area contributed by atoms with Crippen molar-refractivity contribution in [2.24, 2.45) is 0 Å². The SMILES string of the molecule is C=C(/C=C(C)\C=C/C)OC1CCC(Nc2ccc(CC(F)(F)F)cc2)CC1.C=O.C=O.CCCN(CCC)c1ccc(C(F)(F)F)cn1. The van der Waals surface area contributed by atoms with E-state index in [0.717, 1.165) is 75.1 Å². The summed E-state index contributed by atoms with van der Waals surface area (Å²) >= 11 is 0. The summed E-state index contributed by atoms with van der Waals surface area (Å²) in [5, 5.41) is 3.41. The van der Waals surface area contributed by atoms with Crippen molar-refractivity contribution in [3.8, 4) is 0 Å². The fourth-order valence-corrected chi connectivity index (χ4v) is 4.95. The summed E-state index contributed by atoms with van der Waals surface area (Å²) in [5.41, 5.74) is 1.55. The molecule has 3 rings (SSSR count). The standard InChI is InChI=1S/C22H28F3NO.C12H17F3N2.2CH2O/c1-4-5-16(2)14-17(3)27-21-12-10-20(11-13-21)26-19-8-6-18(7-9-19)15-22(23,24)25;1-3-7-17(8-4-2)11-6-5-10(9-16-11)12(13,14)15;2*1-2/h4-9,14,20-21,26H,3,10-13,15H2,1-2H3;5-6,9H,3-4,7-8H2,1-2H3;2*1H2/b5-4-,16-14-;;;. The van der Waals surface area contributed by atoms with Gasteiger partial charge in [0.15, 0.2) is 0 Å². The monoisotopic (exact) mass is 685 g/mol. The van der Waals surface area contributed by atoms with Crippen LogP contribution < -0.4 is 10.2 Å². The van der Waals surface area contributed by atoms with E-state index in [1.165, 1.54) is 18.2 Å². The molecule has 1 aromatic heterocycles. The number of hydrogen-bond donors (Lipinski definition) is 1. The van der Waals surface area contributed by atoms with Crippen molar-refractivity contribution in [1.29, 1.82) is 0 Å². The van der Waals surface area contributed by atoms with E-state index in [0.29, 0.717) is 17.6 Å². The van der Waals surface area contributed by atoms with Crippen LogP contribution in [0.5, 0.6) is 0 Å². The molecule has 0 amide bonds. The van der Waals surface area contributed by atoms with E-state index in [1.54, 1.807) is 12.1 Å². The predicted molar refractivity (Wildman–Crippen MR) is 181 cm³/mol. The van der Waals surface area contributed by atoms with Crippen molar-refractivity contribution in [3.05, 3.63) is 89.9 Å². The minimum Gasteiger partial charge on any atom is -0.491 e. The number of benzene rings is 1. The number of nitrogens with zero attached hydrogens (tertiary/aromatic N) is 2. The number of nitrogens with one attached hydrogen (secondary N) is 1. The van der Waals surface area contributed by atoms with Gasteiger partial charge in [-0.1, -0.05) is 44.7 Å². The summed E-state index contributed by atoms with van der Waals surface area (Å²) in [4.78, 5) is 21.9. The second-order valence-corrected chi connectivity index (χ2v) is 11.0. The van der Waals surface area contributed by atoms with Gasteiger partial charge >= 0.3 is 12.4 Å². The van der Waals surface area contributed by atoms with Gasteiger partial charge in [-0.25, -0.2) is 4.98 Å². The summed E-state index contributed by atoms with van der Waals surface area (Å²) in [6.45, 7) is 17.6. The molecule has 1 heterocycles. The number of hydrogen-bond acceptors (Lipinski definition) is 6. The van der Waals surface area contributed by atoms with Gasteiger partial charge in [0, 0.05) is 31.0 Å². The molecule has 1 N–H and O–H groups in total. The Hall–Kier alpha value is -4.09. The van der Waals surface area contributed by atoms with Gasteiger partial charge in [-0.2, -0.15) is 26.3 Å². The maximum absolute atomic E-state index is 12.4. The van der Waals surface area contributed by atoms with E-state index in [1.807, 2.05) is 64.4 Å². The Morgan fingerprint density at radius 3 is 1.94 bits per heavy atom. The lowest BCUT2D eigenvalue weighted by Gasteiger charge is -2.30. The van der Waals surface area contributed by atoms with E-state index in [4.69, 9.17) is 14.3 Å². The van der Waals surface area contributed by atoms with Gasteiger partial charge in [-0.3, -0.25) is 0 Å². The number of pyridine rings is 1. The van der Waals surface area contributed by atoms with Gasteiger partial charge in [-0.15, -0.1) is 0 Å². The molecule has 0 aliphatic heterocycles. The highest BCUT2D eigenvalue weighted by Crippen LogP contribution is 2.30. The van der Waals surface area contributed by atoms with Crippen LogP contribution in [0.2, 0.25) is 0 Å². The maximum atomic E-state index is 12.4. The lowest BCUT2D eigenvalue weighted by molar-refractivity contribution is -0.137. The van der Waals surface area contributed by atoms with Crippen molar-refractivity contribution in [2.45, 2.75) is 97.1 Å². The predicted octanol–water partition coefficient (Wildman–Crippen LogP) is 9.92. The number of rotatable bonds is 12. The summed E-state index contributed by atoms with van der Waals surface area (Å²) < 4.78 is 80.2. The largest absolute Gasteiger partial charge is 0.491 e. The van der Waals surface area contributed by atoms with Crippen LogP contribution in [0, 0.1) is 0 Å². The average Bonchev–Trinajstić information content (AvgIpc) is 3.04. The Labute approximate surface area is 281 Å². The lowest BCUT2D eigenvalue weighted by atomic mass is 9.92. The fourth-order valence-electron chi connectivity index (χ4n) is 4.95. The van der Waals surface area contributed by atoms with Gasteiger partial charge < -0.3 is 24.5 Å². The molecule has 0 saturated heterocycles. The lowest BCUT2D eigenvalue weighted by Crippen LogP contribution is -2.29. The van der Waals surface area contributed by atoms with Crippen molar-refractivity contribution >= 4 is 25.1 Å². The minimum atomic E-state index is -4.31. The molecule has 268 valence electrons. The zero-order valence-corrected chi connectivity index (χ0v) is 28.3. The second-order valence-electron chi connectivity index (χ2n) is 11.0. The average molecular weight is 686 g/mol. The number of allylic oxidation sites excluding steroid dienone is 4. The first-order chi connectivity index (χ1) is 22.7. The smallest absolute Gasteiger partial charge is 0.417 e. The van der Waals surface area contributed by atoms with Gasteiger partial charge in [0.2, 0.25) is 0 Å². The normalized spacial score (nSPS) is 16.2. The quantitative estimate of drug-likeness (QED) is 0.136. The number of alkyl halides is 6. The molecular weight excluding hydrogens is 636 g/mol. The molecule has 6 nitrogen and oxygen atoms in total. The molecule has 0 spiro atoms. The Morgan fingerprint density at radius 2 is 1.50 bits per heavy atom. The summed E-state index contributed by atoms with van der Waals surface area (Å²) in [5.74, 6) is 1.30. The highest BCUT2D eigenvalue weighted by Gasteiger charge is 2.31. The molecule has 0 unspecified atom stereocenters. The number of carbonyl (C=O) groups is 2. The summed E-state index contributed by atoms with van der Waals surface area (Å²) in [6, 6.07) is 9.35. The fraction of sp³-hybridized carbons (Fsp3) is 0.472. The molecule has 48 heavy (non-hydrogen) atoms. The summed E-state index contributed by atoms with van der Waals surface area (Å²) in [6.07, 6.45) is 3.29. The zero-order chi connectivity index (χ0) is 36.8. The zero-order valence-electron chi connectivity index (χ0n) is 28.3. The molecule has 12 heteroatoms. The first-order valence-electron chi connectivity index (χ1n) is 15.7. The Morgan fingerprint density at radius 1 is 0.938 bits per heavy atom. The third kappa shape index (κ3) is 18.3. The Bertz CT molecular complexity index is 1210. The summed E-state index contributed by atoms with van der Waals surface area (Å²) in [7, 11) is 0. The van der Waals surface area contributed by atoms with Crippen molar-refractivity contribution < 1.29 is 40.7 Å². The van der Waals surface area contributed by atoms with E-state index in [9.17, 15) is 26.3 Å². The molecule has 0 bridgehead atoms. The van der Waals surface area contributed by atoms with Gasteiger partial charge in [0.1, 0.15) is 25.2 Å². The van der Waals surface area contributed by atoms with Crippen LogP contribution in [-0.4, -0.2) is 50.0 Å². The molecule has 1 aromatic carbocycles. The highest BCUT2D eigenvalue weighted by atomic mass is 19.4. The van der Waals surface area contributed by atoms with E-state index < -0.39 is 24.3 Å². The van der Waals surface area contributed by atoms with Crippen molar-refractivity contribution in [2.75, 3.05) is 23.3 Å². The number of anilines is 2. The van der Waals surface area contributed by atoms with Crippen LogP contribution >= 0.6 is 0 Å².